The summed E-state index contributed by atoms with van der Waals surface area (Å²) in [4.78, 5) is 4.48. The molecule has 2 atom stereocenters. The highest BCUT2D eigenvalue weighted by molar-refractivity contribution is 5.81. The third-order valence-electron chi connectivity index (χ3n) is 5.22. The number of pyridine rings is 1. The van der Waals surface area contributed by atoms with Gasteiger partial charge in [0.25, 0.3) is 0 Å². The predicted molar refractivity (Wildman–Crippen MR) is 82.0 cm³/mol. The van der Waals surface area contributed by atoms with Crippen molar-refractivity contribution in [3.8, 4) is 0 Å². The van der Waals surface area contributed by atoms with E-state index < -0.39 is 6.10 Å². The zero-order chi connectivity index (χ0) is 14.3. The largest absolute Gasteiger partial charge is 0.388 e. The van der Waals surface area contributed by atoms with Crippen LogP contribution in [0.2, 0.25) is 0 Å². The summed E-state index contributed by atoms with van der Waals surface area (Å²) in [5, 5.41) is 12.0. The van der Waals surface area contributed by atoms with Crippen molar-refractivity contribution in [2.75, 3.05) is 6.61 Å². The molecule has 1 saturated heterocycles. The van der Waals surface area contributed by atoms with E-state index in [1.54, 1.807) is 6.20 Å². The molecule has 0 amide bonds. The lowest BCUT2D eigenvalue weighted by Gasteiger charge is -2.48. The average molecular weight is 283 g/mol. The average Bonchev–Trinajstić information content (AvgIpc) is 2.52. The maximum absolute atomic E-state index is 10.9. The number of fused-ring (bicyclic) bond motifs is 1. The van der Waals surface area contributed by atoms with Gasteiger partial charge in [0.05, 0.1) is 17.2 Å². The number of ether oxygens (including phenoxy) is 1. The lowest BCUT2D eigenvalue weighted by molar-refractivity contribution is -0.157. The van der Waals surface area contributed by atoms with Crippen molar-refractivity contribution >= 4 is 10.9 Å². The van der Waals surface area contributed by atoms with Crippen LogP contribution in [0.3, 0.4) is 0 Å². The first-order valence-corrected chi connectivity index (χ1v) is 7.93. The van der Waals surface area contributed by atoms with Crippen LogP contribution in [-0.4, -0.2) is 22.3 Å². The molecule has 1 aliphatic heterocycles. The van der Waals surface area contributed by atoms with Gasteiger partial charge in [-0.1, -0.05) is 24.3 Å². The Morgan fingerprint density at radius 2 is 2.10 bits per heavy atom. The van der Waals surface area contributed by atoms with Gasteiger partial charge in [-0.25, -0.2) is 0 Å². The quantitative estimate of drug-likeness (QED) is 0.915. The Balaban J connectivity index is 1.65. The molecular formula is C18H21NO2. The maximum Gasteiger partial charge on any atom is 0.0841 e. The minimum Gasteiger partial charge on any atom is -0.388 e. The number of para-hydroxylation sites is 1. The first-order valence-electron chi connectivity index (χ1n) is 7.93. The Labute approximate surface area is 125 Å². The molecule has 1 aromatic heterocycles. The van der Waals surface area contributed by atoms with Crippen LogP contribution in [0, 0.1) is 5.92 Å². The number of aliphatic hydroxyl groups excluding tert-OH is 1. The van der Waals surface area contributed by atoms with Gasteiger partial charge >= 0.3 is 0 Å². The van der Waals surface area contributed by atoms with E-state index in [4.69, 9.17) is 4.74 Å². The van der Waals surface area contributed by atoms with Crippen molar-refractivity contribution in [2.24, 2.45) is 5.92 Å². The molecule has 1 aliphatic carbocycles. The first-order chi connectivity index (χ1) is 10.3. The van der Waals surface area contributed by atoms with Gasteiger partial charge in [-0.05, 0) is 44.1 Å². The van der Waals surface area contributed by atoms with Crippen LogP contribution < -0.4 is 0 Å². The van der Waals surface area contributed by atoms with Crippen molar-refractivity contribution in [2.45, 2.75) is 43.8 Å². The molecule has 1 saturated carbocycles. The van der Waals surface area contributed by atoms with E-state index in [-0.39, 0.29) is 11.5 Å². The normalized spacial score (nSPS) is 25.7. The second-order valence-corrected chi connectivity index (χ2v) is 6.51. The molecule has 3 heteroatoms. The lowest BCUT2D eigenvalue weighted by atomic mass is 9.70. The fourth-order valence-electron chi connectivity index (χ4n) is 3.88. The minimum absolute atomic E-state index is 0.0713. The van der Waals surface area contributed by atoms with E-state index in [9.17, 15) is 5.11 Å². The van der Waals surface area contributed by atoms with Crippen LogP contribution in [0.25, 0.3) is 10.9 Å². The van der Waals surface area contributed by atoms with Gasteiger partial charge in [0, 0.05) is 23.8 Å². The second kappa shape index (κ2) is 5.08. The highest BCUT2D eigenvalue weighted by Crippen LogP contribution is 2.47. The molecule has 4 rings (SSSR count). The third kappa shape index (κ3) is 2.25. The molecule has 110 valence electrons. The Bertz CT molecular complexity index is 645. The Morgan fingerprint density at radius 3 is 2.90 bits per heavy atom. The summed E-state index contributed by atoms with van der Waals surface area (Å²) < 4.78 is 5.98. The van der Waals surface area contributed by atoms with Crippen LogP contribution in [0.4, 0.5) is 0 Å². The number of aromatic nitrogens is 1. The fourth-order valence-corrected chi connectivity index (χ4v) is 3.88. The number of benzene rings is 1. The maximum atomic E-state index is 10.9. The Kier molecular flexibility index (Phi) is 3.20. The molecule has 1 spiro atoms. The molecule has 1 aromatic carbocycles. The van der Waals surface area contributed by atoms with E-state index in [1.807, 2.05) is 18.2 Å². The summed E-state index contributed by atoms with van der Waals surface area (Å²) in [6.07, 6.45) is 6.86. The molecule has 0 bridgehead atoms. The predicted octanol–water partition coefficient (Wildman–Crippen LogP) is 3.62. The van der Waals surface area contributed by atoms with E-state index in [0.717, 1.165) is 48.8 Å². The molecule has 21 heavy (non-hydrogen) atoms. The smallest absolute Gasteiger partial charge is 0.0841 e. The van der Waals surface area contributed by atoms with Crippen molar-refractivity contribution in [3.05, 3.63) is 42.1 Å². The second-order valence-electron chi connectivity index (χ2n) is 6.51. The molecule has 3 nitrogen and oxygen atoms in total. The van der Waals surface area contributed by atoms with Crippen molar-refractivity contribution in [3.63, 3.8) is 0 Å². The SMILES string of the molecule is OC(c1cccc2cccnc12)C1CCOC2(CCC2)C1. The minimum atomic E-state index is -0.440. The van der Waals surface area contributed by atoms with Crippen molar-refractivity contribution < 1.29 is 9.84 Å². The van der Waals surface area contributed by atoms with Crippen molar-refractivity contribution in [1.29, 1.82) is 0 Å². The third-order valence-corrected chi connectivity index (χ3v) is 5.22. The highest BCUT2D eigenvalue weighted by Gasteiger charge is 2.44. The van der Waals surface area contributed by atoms with E-state index >= 15 is 0 Å². The van der Waals surface area contributed by atoms with Gasteiger partial charge in [-0.15, -0.1) is 0 Å². The van der Waals surface area contributed by atoms with Crippen LogP contribution in [0.1, 0.15) is 43.8 Å². The van der Waals surface area contributed by atoms with Crippen LogP contribution in [-0.2, 0) is 4.74 Å². The summed E-state index contributed by atoms with van der Waals surface area (Å²) in [7, 11) is 0. The lowest BCUT2D eigenvalue weighted by Crippen LogP contribution is -2.46. The zero-order valence-electron chi connectivity index (χ0n) is 12.2. The van der Waals surface area contributed by atoms with Gasteiger partial charge in [0.1, 0.15) is 0 Å². The highest BCUT2D eigenvalue weighted by atomic mass is 16.5. The molecule has 1 N–H and O–H groups in total. The zero-order valence-corrected chi connectivity index (χ0v) is 12.2. The summed E-state index contributed by atoms with van der Waals surface area (Å²) in [6, 6.07) is 10.1. The van der Waals surface area contributed by atoms with Gasteiger partial charge in [-0.2, -0.15) is 0 Å². The van der Waals surface area contributed by atoms with Gasteiger partial charge in [0.2, 0.25) is 0 Å². The Hall–Kier alpha value is -1.45. The molecule has 2 aliphatic rings. The van der Waals surface area contributed by atoms with Gasteiger partial charge in [0.15, 0.2) is 0 Å². The van der Waals surface area contributed by atoms with E-state index in [0.29, 0.717) is 0 Å². The molecular weight excluding hydrogens is 262 g/mol. The fraction of sp³-hybridized carbons (Fsp3) is 0.500. The van der Waals surface area contributed by atoms with Crippen molar-refractivity contribution in [1.82, 2.24) is 4.98 Å². The van der Waals surface area contributed by atoms with Crippen LogP contribution >= 0.6 is 0 Å². The molecule has 2 heterocycles. The molecule has 2 fully saturated rings. The molecule has 2 unspecified atom stereocenters. The Morgan fingerprint density at radius 1 is 1.24 bits per heavy atom. The molecule has 2 aromatic rings. The monoisotopic (exact) mass is 283 g/mol. The van der Waals surface area contributed by atoms with Gasteiger partial charge in [-0.3, -0.25) is 4.98 Å². The first kappa shape index (κ1) is 13.2. The molecule has 0 radical (unpaired) electrons. The van der Waals surface area contributed by atoms with E-state index in [1.165, 1.54) is 6.42 Å². The topological polar surface area (TPSA) is 42.4 Å². The number of nitrogens with zero attached hydrogens (tertiary/aromatic N) is 1. The number of aliphatic hydroxyl groups is 1. The number of rotatable bonds is 2. The summed E-state index contributed by atoms with van der Waals surface area (Å²) in [5.74, 6) is 0.284. The van der Waals surface area contributed by atoms with E-state index in [2.05, 4.69) is 17.1 Å². The summed E-state index contributed by atoms with van der Waals surface area (Å²) in [6.45, 7) is 0.778. The summed E-state index contributed by atoms with van der Waals surface area (Å²) in [5.41, 5.74) is 1.97. The van der Waals surface area contributed by atoms with Crippen LogP contribution in [0.5, 0.6) is 0 Å². The number of hydrogen-bond acceptors (Lipinski definition) is 3. The van der Waals surface area contributed by atoms with Gasteiger partial charge < -0.3 is 9.84 Å². The number of hydrogen-bond donors (Lipinski definition) is 1. The standard InChI is InChI=1S/C18H21NO2/c20-17(14-7-11-21-18(12-14)8-3-9-18)15-6-1-4-13-5-2-10-19-16(13)15/h1-2,4-6,10,14,17,20H,3,7-9,11-12H2. The summed E-state index contributed by atoms with van der Waals surface area (Å²) >= 11 is 0. The van der Waals surface area contributed by atoms with Crippen LogP contribution in [0.15, 0.2) is 36.5 Å².